The van der Waals surface area contributed by atoms with Crippen LogP contribution in [0.1, 0.15) is 37.4 Å². The van der Waals surface area contributed by atoms with Gasteiger partial charge in [-0.25, -0.2) is 9.67 Å². The van der Waals surface area contributed by atoms with Crippen LogP contribution in [0.25, 0.3) is 11.0 Å². The Kier molecular flexibility index (Phi) is 2.95. The first-order chi connectivity index (χ1) is 8.65. The van der Waals surface area contributed by atoms with Crippen LogP contribution in [-0.2, 0) is 0 Å². The van der Waals surface area contributed by atoms with Crippen LogP contribution in [-0.4, -0.2) is 31.0 Å². The Hall–Kier alpha value is -1.20. The number of aromatic nitrogens is 4. The molecule has 2 heterocycles. The van der Waals surface area contributed by atoms with Crippen molar-refractivity contribution in [2.75, 3.05) is 0 Å². The van der Waals surface area contributed by atoms with Crippen LogP contribution >= 0.6 is 11.6 Å². The van der Waals surface area contributed by atoms with E-state index in [4.69, 9.17) is 11.6 Å². The van der Waals surface area contributed by atoms with Crippen molar-refractivity contribution in [2.24, 2.45) is 0 Å². The predicted octanol–water partition coefficient (Wildman–Crippen LogP) is 2.26. The second-order valence-electron chi connectivity index (χ2n) is 4.87. The standard InChI is InChI=1S/C12H15ClN4O/c1-7-10-6-14-17(11(10)16-12(13)15-7)8-2-4-9(18)5-3-8/h6,8-9,18H,2-5H2,1H3. The minimum absolute atomic E-state index is 0.164. The molecule has 1 aliphatic carbocycles. The lowest BCUT2D eigenvalue weighted by Gasteiger charge is -2.25. The summed E-state index contributed by atoms with van der Waals surface area (Å²) in [6, 6.07) is 0.302. The molecule has 0 bridgehead atoms. The molecule has 0 saturated heterocycles. The maximum Gasteiger partial charge on any atom is 0.224 e. The molecule has 2 aromatic heterocycles. The highest BCUT2D eigenvalue weighted by molar-refractivity contribution is 6.28. The quantitative estimate of drug-likeness (QED) is 0.804. The average Bonchev–Trinajstić information content (AvgIpc) is 2.74. The van der Waals surface area contributed by atoms with Gasteiger partial charge in [0.25, 0.3) is 0 Å². The largest absolute Gasteiger partial charge is 0.393 e. The van der Waals surface area contributed by atoms with E-state index < -0.39 is 0 Å². The van der Waals surface area contributed by atoms with E-state index in [1.165, 1.54) is 0 Å². The molecule has 0 amide bonds. The topological polar surface area (TPSA) is 63.8 Å². The van der Waals surface area contributed by atoms with Crippen molar-refractivity contribution in [3.63, 3.8) is 0 Å². The fourth-order valence-corrected chi connectivity index (χ4v) is 2.81. The first-order valence-electron chi connectivity index (χ1n) is 6.20. The smallest absolute Gasteiger partial charge is 0.224 e. The third-order valence-corrected chi connectivity index (χ3v) is 3.80. The maximum absolute atomic E-state index is 9.55. The summed E-state index contributed by atoms with van der Waals surface area (Å²) in [4.78, 5) is 8.42. The van der Waals surface area contributed by atoms with Gasteiger partial charge in [-0.1, -0.05) is 0 Å². The summed E-state index contributed by atoms with van der Waals surface area (Å²) in [5, 5.41) is 15.2. The van der Waals surface area contributed by atoms with Crippen LogP contribution in [0.4, 0.5) is 0 Å². The molecule has 0 aromatic carbocycles. The lowest BCUT2D eigenvalue weighted by molar-refractivity contribution is 0.109. The van der Waals surface area contributed by atoms with Crippen molar-refractivity contribution >= 4 is 22.6 Å². The molecule has 0 atom stereocenters. The van der Waals surface area contributed by atoms with Crippen LogP contribution in [0.5, 0.6) is 0 Å². The highest BCUT2D eigenvalue weighted by Crippen LogP contribution is 2.30. The number of aliphatic hydroxyl groups is 1. The number of halogens is 1. The van der Waals surface area contributed by atoms with E-state index in [1.54, 1.807) is 6.20 Å². The van der Waals surface area contributed by atoms with Gasteiger partial charge in [-0.15, -0.1) is 0 Å². The maximum atomic E-state index is 9.55. The first kappa shape index (κ1) is 11.9. The summed E-state index contributed by atoms with van der Waals surface area (Å²) in [5.74, 6) is 0. The Balaban J connectivity index is 2.02. The Morgan fingerprint density at radius 2 is 2.00 bits per heavy atom. The van der Waals surface area contributed by atoms with E-state index in [-0.39, 0.29) is 11.4 Å². The van der Waals surface area contributed by atoms with Crippen LogP contribution in [0, 0.1) is 6.92 Å². The van der Waals surface area contributed by atoms with Gasteiger partial charge in [0.1, 0.15) is 0 Å². The van der Waals surface area contributed by atoms with E-state index in [0.717, 1.165) is 42.4 Å². The molecule has 6 heteroatoms. The van der Waals surface area contributed by atoms with Crippen molar-refractivity contribution < 1.29 is 5.11 Å². The molecular formula is C12H15ClN4O. The van der Waals surface area contributed by atoms with Gasteiger partial charge in [0.2, 0.25) is 5.28 Å². The number of aliphatic hydroxyl groups excluding tert-OH is 1. The molecule has 1 N–H and O–H groups in total. The van der Waals surface area contributed by atoms with Gasteiger partial charge >= 0.3 is 0 Å². The fraction of sp³-hybridized carbons (Fsp3) is 0.583. The predicted molar refractivity (Wildman–Crippen MR) is 68.6 cm³/mol. The number of hydrogen-bond acceptors (Lipinski definition) is 4. The Labute approximate surface area is 110 Å². The Morgan fingerprint density at radius 3 is 2.72 bits per heavy atom. The van der Waals surface area contributed by atoms with Gasteiger partial charge in [0.15, 0.2) is 5.65 Å². The summed E-state index contributed by atoms with van der Waals surface area (Å²) in [7, 11) is 0. The van der Waals surface area contributed by atoms with Gasteiger partial charge in [-0.05, 0) is 44.2 Å². The van der Waals surface area contributed by atoms with Gasteiger partial charge in [0.05, 0.1) is 29.4 Å². The van der Waals surface area contributed by atoms with E-state index in [9.17, 15) is 5.11 Å². The fourth-order valence-electron chi connectivity index (χ4n) is 2.60. The molecule has 2 aromatic rings. The molecule has 18 heavy (non-hydrogen) atoms. The van der Waals surface area contributed by atoms with Crippen molar-refractivity contribution in [1.29, 1.82) is 0 Å². The molecule has 96 valence electrons. The van der Waals surface area contributed by atoms with Gasteiger partial charge in [-0.3, -0.25) is 0 Å². The van der Waals surface area contributed by atoms with E-state index in [2.05, 4.69) is 15.1 Å². The summed E-state index contributed by atoms with van der Waals surface area (Å²) < 4.78 is 1.93. The summed E-state index contributed by atoms with van der Waals surface area (Å²) in [6.07, 6.45) is 5.14. The Bertz CT molecular complexity index is 575. The van der Waals surface area contributed by atoms with Gasteiger partial charge in [-0.2, -0.15) is 10.1 Å². The van der Waals surface area contributed by atoms with E-state index in [0.29, 0.717) is 6.04 Å². The van der Waals surface area contributed by atoms with Crippen LogP contribution in [0.2, 0.25) is 5.28 Å². The summed E-state index contributed by atoms with van der Waals surface area (Å²) >= 11 is 5.91. The van der Waals surface area contributed by atoms with Crippen molar-refractivity contribution in [3.05, 3.63) is 17.2 Å². The third kappa shape index (κ3) is 1.97. The molecule has 1 saturated carbocycles. The van der Waals surface area contributed by atoms with Crippen molar-refractivity contribution in [2.45, 2.75) is 44.8 Å². The van der Waals surface area contributed by atoms with E-state index >= 15 is 0 Å². The number of nitrogens with zero attached hydrogens (tertiary/aromatic N) is 4. The lowest BCUT2D eigenvalue weighted by Crippen LogP contribution is -2.22. The zero-order chi connectivity index (χ0) is 12.7. The number of aryl methyl sites for hydroxylation is 1. The van der Waals surface area contributed by atoms with Crippen molar-refractivity contribution in [3.8, 4) is 0 Å². The monoisotopic (exact) mass is 266 g/mol. The Morgan fingerprint density at radius 1 is 1.28 bits per heavy atom. The second kappa shape index (κ2) is 4.48. The molecule has 0 aliphatic heterocycles. The summed E-state index contributed by atoms with van der Waals surface area (Å²) in [6.45, 7) is 1.91. The zero-order valence-corrected chi connectivity index (χ0v) is 10.9. The molecule has 0 unspecified atom stereocenters. The number of rotatable bonds is 1. The number of fused-ring (bicyclic) bond motifs is 1. The average molecular weight is 267 g/mol. The number of hydrogen-bond donors (Lipinski definition) is 1. The highest BCUT2D eigenvalue weighted by atomic mass is 35.5. The SMILES string of the molecule is Cc1nc(Cl)nc2c1cnn2C1CCC(O)CC1. The highest BCUT2D eigenvalue weighted by Gasteiger charge is 2.23. The minimum atomic E-state index is -0.164. The molecule has 5 nitrogen and oxygen atoms in total. The minimum Gasteiger partial charge on any atom is -0.393 e. The van der Waals surface area contributed by atoms with Gasteiger partial charge in [0, 0.05) is 0 Å². The molecule has 0 radical (unpaired) electrons. The lowest BCUT2D eigenvalue weighted by atomic mass is 9.93. The van der Waals surface area contributed by atoms with Crippen LogP contribution in [0.15, 0.2) is 6.20 Å². The van der Waals surface area contributed by atoms with Crippen LogP contribution < -0.4 is 0 Å². The molecular weight excluding hydrogens is 252 g/mol. The molecule has 1 fully saturated rings. The molecule has 1 aliphatic rings. The second-order valence-corrected chi connectivity index (χ2v) is 5.20. The zero-order valence-electron chi connectivity index (χ0n) is 10.2. The summed E-state index contributed by atoms with van der Waals surface area (Å²) in [5.41, 5.74) is 1.65. The third-order valence-electron chi connectivity index (χ3n) is 3.63. The first-order valence-corrected chi connectivity index (χ1v) is 6.58. The normalized spacial score (nSPS) is 24.6. The van der Waals surface area contributed by atoms with E-state index in [1.807, 2.05) is 11.6 Å². The van der Waals surface area contributed by atoms with Crippen molar-refractivity contribution in [1.82, 2.24) is 19.7 Å². The molecule has 3 rings (SSSR count). The van der Waals surface area contributed by atoms with Crippen LogP contribution in [0.3, 0.4) is 0 Å². The molecule has 0 spiro atoms. The van der Waals surface area contributed by atoms with Gasteiger partial charge < -0.3 is 5.11 Å².